The lowest BCUT2D eigenvalue weighted by atomic mass is 10.1. The van der Waals surface area contributed by atoms with Crippen molar-refractivity contribution in [3.8, 4) is 0 Å². The van der Waals surface area contributed by atoms with Crippen LogP contribution in [0.3, 0.4) is 0 Å². The number of aromatic nitrogens is 3. The number of nitrogens with zero attached hydrogens (tertiary/aromatic N) is 3. The molecular weight excluding hydrogens is 248 g/mol. The van der Waals surface area contributed by atoms with Gasteiger partial charge in [-0.1, -0.05) is 30.3 Å². The zero-order valence-corrected chi connectivity index (χ0v) is 11.4. The highest BCUT2D eigenvalue weighted by molar-refractivity contribution is 5.88. The Balaban J connectivity index is 1.77. The molecule has 0 aliphatic carbocycles. The van der Waals surface area contributed by atoms with Crippen molar-refractivity contribution in [1.29, 1.82) is 0 Å². The van der Waals surface area contributed by atoms with Crippen molar-refractivity contribution in [2.45, 2.75) is 13.3 Å². The van der Waals surface area contributed by atoms with Crippen LogP contribution in [0.2, 0.25) is 0 Å². The summed E-state index contributed by atoms with van der Waals surface area (Å²) in [6.45, 7) is 2.74. The second kappa shape index (κ2) is 5.65. The maximum absolute atomic E-state index is 4.48. The van der Waals surface area contributed by atoms with Crippen LogP contribution in [0.5, 0.6) is 0 Å². The van der Waals surface area contributed by atoms with E-state index in [-0.39, 0.29) is 0 Å². The number of hydrogen-bond acceptors (Lipinski definition) is 4. The minimum Gasteiger partial charge on any atom is -0.369 e. The van der Waals surface area contributed by atoms with E-state index in [9.17, 15) is 0 Å². The number of pyridine rings is 1. The molecule has 0 saturated heterocycles. The first-order valence-electron chi connectivity index (χ1n) is 6.69. The molecule has 0 saturated carbocycles. The Bertz CT molecular complexity index is 710. The highest BCUT2D eigenvalue weighted by atomic mass is 15.0. The summed E-state index contributed by atoms with van der Waals surface area (Å²) >= 11 is 0. The highest BCUT2D eigenvalue weighted by Gasteiger charge is 2.04. The molecule has 0 amide bonds. The summed E-state index contributed by atoms with van der Waals surface area (Å²) in [5.41, 5.74) is 2.19. The molecule has 0 spiro atoms. The normalized spacial score (nSPS) is 10.7. The van der Waals surface area contributed by atoms with Crippen molar-refractivity contribution in [3.05, 3.63) is 60.2 Å². The Morgan fingerprint density at radius 1 is 1.05 bits per heavy atom. The minimum atomic E-state index is 0.757. The number of benzene rings is 1. The molecule has 0 fully saturated rings. The topological polar surface area (TPSA) is 50.7 Å². The lowest BCUT2D eigenvalue weighted by molar-refractivity contribution is 0.993. The van der Waals surface area contributed by atoms with E-state index in [4.69, 9.17) is 0 Å². The van der Waals surface area contributed by atoms with Crippen LogP contribution in [0.25, 0.3) is 10.9 Å². The van der Waals surface area contributed by atoms with Crippen molar-refractivity contribution in [1.82, 2.24) is 15.0 Å². The van der Waals surface area contributed by atoms with Gasteiger partial charge in [0.05, 0.1) is 11.7 Å². The van der Waals surface area contributed by atoms with Crippen molar-refractivity contribution < 1.29 is 0 Å². The number of anilines is 1. The van der Waals surface area contributed by atoms with Crippen LogP contribution < -0.4 is 5.32 Å². The molecule has 0 radical (unpaired) electrons. The average Bonchev–Trinajstić information content (AvgIpc) is 2.48. The van der Waals surface area contributed by atoms with Crippen LogP contribution in [0.15, 0.2) is 48.8 Å². The second-order valence-corrected chi connectivity index (χ2v) is 4.67. The van der Waals surface area contributed by atoms with E-state index in [0.29, 0.717) is 0 Å². The zero-order valence-electron chi connectivity index (χ0n) is 11.4. The van der Waals surface area contributed by atoms with Gasteiger partial charge in [-0.3, -0.25) is 4.98 Å². The van der Waals surface area contributed by atoms with Gasteiger partial charge >= 0.3 is 0 Å². The van der Waals surface area contributed by atoms with Gasteiger partial charge in [-0.2, -0.15) is 0 Å². The molecule has 0 unspecified atom stereocenters. The number of nitrogens with one attached hydrogen (secondary N) is 1. The number of rotatable bonds is 4. The van der Waals surface area contributed by atoms with Gasteiger partial charge in [0.15, 0.2) is 0 Å². The van der Waals surface area contributed by atoms with Gasteiger partial charge in [-0.15, -0.1) is 0 Å². The fourth-order valence-electron chi connectivity index (χ4n) is 2.20. The summed E-state index contributed by atoms with van der Waals surface area (Å²) in [5.74, 6) is 1.64. The van der Waals surface area contributed by atoms with Crippen molar-refractivity contribution in [3.63, 3.8) is 0 Å². The summed E-state index contributed by atoms with van der Waals surface area (Å²) in [6, 6.07) is 12.4. The van der Waals surface area contributed by atoms with E-state index in [1.807, 2.05) is 19.1 Å². The summed E-state index contributed by atoms with van der Waals surface area (Å²) in [4.78, 5) is 13.0. The third-order valence-corrected chi connectivity index (χ3v) is 3.16. The Labute approximate surface area is 117 Å². The molecule has 0 bridgehead atoms. The fourth-order valence-corrected chi connectivity index (χ4v) is 2.20. The Morgan fingerprint density at radius 2 is 1.90 bits per heavy atom. The van der Waals surface area contributed by atoms with Gasteiger partial charge in [0.2, 0.25) is 0 Å². The zero-order chi connectivity index (χ0) is 13.8. The maximum Gasteiger partial charge on any atom is 0.137 e. The van der Waals surface area contributed by atoms with E-state index >= 15 is 0 Å². The third-order valence-electron chi connectivity index (χ3n) is 3.16. The smallest absolute Gasteiger partial charge is 0.137 e. The molecule has 4 heteroatoms. The van der Waals surface area contributed by atoms with Crippen molar-refractivity contribution in [2.24, 2.45) is 0 Å². The highest BCUT2D eigenvalue weighted by Crippen LogP contribution is 2.18. The van der Waals surface area contributed by atoms with Gasteiger partial charge in [-0.05, 0) is 25.0 Å². The molecule has 2 heterocycles. The van der Waals surface area contributed by atoms with E-state index in [2.05, 4.69) is 44.5 Å². The van der Waals surface area contributed by atoms with Gasteiger partial charge in [0, 0.05) is 18.1 Å². The molecule has 100 valence electrons. The van der Waals surface area contributed by atoms with Gasteiger partial charge in [0.1, 0.15) is 11.6 Å². The van der Waals surface area contributed by atoms with Gasteiger partial charge < -0.3 is 5.32 Å². The first-order valence-corrected chi connectivity index (χ1v) is 6.69. The number of hydrogen-bond donors (Lipinski definition) is 1. The van der Waals surface area contributed by atoms with Crippen LogP contribution in [0.1, 0.15) is 11.4 Å². The maximum atomic E-state index is 4.48. The molecule has 20 heavy (non-hydrogen) atoms. The Hall–Kier alpha value is -2.49. The first-order chi connectivity index (χ1) is 9.83. The number of fused-ring (bicyclic) bond motifs is 1. The molecule has 4 nitrogen and oxygen atoms in total. The Morgan fingerprint density at radius 3 is 2.75 bits per heavy atom. The summed E-state index contributed by atoms with van der Waals surface area (Å²) in [5, 5.41) is 4.41. The first kappa shape index (κ1) is 12.5. The van der Waals surface area contributed by atoms with Gasteiger partial charge in [-0.25, -0.2) is 9.97 Å². The van der Waals surface area contributed by atoms with Gasteiger partial charge in [0.25, 0.3) is 0 Å². The van der Waals surface area contributed by atoms with Crippen molar-refractivity contribution in [2.75, 3.05) is 11.9 Å². The van der Waals surface area contributed by atoms with E-state index in [0.717, 1.165) is 35.5 Å². The van der Waals surface area contributed by atoms with E-state index < -0.39 is 0 Å². The monoisotopic (exact) mass is 264 g/mol. The lowest BCUT2D eigenvalue weighted by Gasteiger charge is -2.09. The molecule has 1 N–H and O–H groups in total. The standard InChI is InChI=1S/C16H16N4/c1-12-19-15-11-17-9-8-14(15)16(20-12)18-10-7-13-5-3-2-4-6-13/h2-6,8-9,11H,7,10H2,1H3,(H,18,19,20). The molecule has 3 aromatic rings. The average molecular weight is 264 g/mol. The molecule has 0 aliphatic heterocycles. The summed E-state index contributed by atoms with van der Waals surface area (Å²) in [6.07, 6.45) is 4.51. The quantitative estimate of drug-likeness (QED) is 0.787. The SMILES string of the molecule is Cc1nc(NCCc2ccccc2)c2ccncc2n1. The molecule has 0 aliphatic rings. The van der Waals surface area contributed by atoms with Crippen LogP contribution in [0, 0.1) is 6.92 Å². The van der Waals surface area contributed by atoms with Crippen LogP contribution in [0.4, 0.5) is 5.82 Å². The predicted molar refractivity (Wildman–Crippen MR) is 80.7 cm³/mol. The third kappa shape index (κ3) is 2.74. The Kier molecular flexibility index (Phi) is 3.54. The van der Waals surface area contributed by atoms with Crippen LogP contribution in [-0.4, -0.2) is 21.5 Å². The molecule has 2 aromatic heterocycles. The fraction of sp³-hybridized carbons (Fsp3) is 0.188. The van der Waals surface area contributed by atoms with Crippen LogP contribution >= 0.6 is 0 Å². The van der Waals surface area contributed by atoms with E-state index in [1.54, 1.807) is 12.4 Å². The molecule has 0 atom stereocenters. The largest absolute Gasteiger partial charge is 0.369 e. The summed E-state index contributed by atoms with van der Waals surface area (Å²) < 4.78 is 0. The molecule has 3 rings (SSSR count). The predicted octanol–water partition coefficient (Wildman–Crippen LogP) is 2.99. The van der Waals surface area contributed by atoms with E-state index in [1.165, 1.54) is 5.56 Å². The van der Waals surface area contributed by atoms with Crippen LogP contribution in [-0.2, 0) is 6.42 Å². The molecular formula is C16H16N4. The second-order valence-electron chi connectivity index (χ2n) is 4.67. The summed E-state index contributed by atoms with van der Waals surface area (Å²) in [7, 11) is 0. The number of aryl methyl sites for hydroxylation is 1. The van der Waals surface area contributed by atoms with Crippen molar-refractivity contribution >= 4 is 16.7 Å². The molecule has 1 aromatic carbocycles. The lowest BCUT2D eigenvalue weighted by Crippen LogP contribution is -2.08. The minimum absolute atomic E-state index is 0.757.